The Balaban J connectivity index is 2.51. The molecule has 1 aromatic carbocycles. The minimum atomic E-state index is -0.270. The van der Waals surface area contributed by atoms with E-state index in [0.29, 0.717) is 15.7 Å². The van der Waals surface area contributed by atoms with E-state index in [1.165, 1.54) is 0 Å². The molecular formula is C11H16Cl2N2O. The average Bonchev–Trinajstić information content (AvgIpc) is 2.19. The lowest BCUT2D eigenvalue weighted by atomic mass is 10.2. The molecule has 0 saturated heterocycles. The van der Waals surface area contributed by atoms with Gasteiger partial charge >= 0.3 is 0 Å². The highest BCUT2D eigenvalue weighted by molar-refractivity contribution is 6.42. The number of anilines is 2. The molecule has 0 bridgehead atoms. The summed E-state index contributed by atoms with van der Waals surface area (Å²) in [7, 11) is 0. The summed E-state index contributed by atoms with van der Waals surface area (Å²) in [4.78, 5) is 0. The van der Waals surface area contributed by atoms with Crippen LogP contribution in [0.2, 0.25) is 10.0 Å². The van der Waals surface area contributed by atoms with Crippen molar-refractivity contribution in [3.8, 4) is 0 Å². The highest BCUT2D eigenvalue weighted by Gasteiger charge is 2.04. The van der Waals surface area contributed by atoms with Gasteiger partial charge in [-0.15, -0.1) is 0 Å². The quantitative estimate of drug-likeness (QED) is 0.565. The van der Waals surface area contributed by atoms with Gasteiger partial charge in [0.25, 0.3) is 0 Å². The van der Waals surface area contributed by atoms with Gasteiger partial charge in [0.2, 0.25) is 0 Å². The largest absolute Gasteiger partial charge is 0.397 e. The first-order chi connectivity index (χ1) is 7.50. The number of nitrogen functional groups attached to an aromatic ring is 1. The van der Waals surface area contributed by atoms with Crippen molar-refractivity contribution in [1.82, 2.24) is 0 Å². The van der Waals surface area contributed by atoms with Crippen molar-refractivity contribution in [3.05, 3.63) is 22.2 Å². The van der Waals surface area contributed by atoms with Gasteiger partial charge < -0.3 is 16.2 Å². The SMILES string of the molecule is CC(O)CCCNc1cc(Cl)c(Cl)cc1N. The number of benzene rings is 1. The zero-order valence-electron chi connectivity index (χ0n) is 9.13. The van der Waals surface area contributed by atoms with Gasteiger partial charge in [0, 0.05) is 6.54 Å². The van der Waals surface area contributed by atoms with Gasteiger partial charge in [-0.1, -0.05) is 23.2 Å². The number of rotatable bonds is 5. The molecule has 4 N–H and O–H groups in total. The Labute approximate surface area is 106 Å². The summed E-state index contributed by atoms with van der Waals surface area (Å²) in [5.41, 5.74) is 7.13. The third-order valence-corrected chi connectivity index (χ3v) is 2.93. The second kappa shape index (κ2) is 6.18. The van der Waals surface area contributed by atoms with Crippen LogP contribution in [0.5, 0.6) is 0 Å². The van der Waals surface area contributed by atoms with Crippen LogP contribution >= 0.6 is 23.2 Å². The summed E-state index contributed by atoms with van der Waals surface area (Å²) in [5.74, 6) is 0. The fraction of sp³-hybridized carbons (Fsp3) is 0.455. The molecule has 0 amide bonds. The minimum Gasteiger partial charge on any atom is -0.397 e. The normalized spacial score (nSPS) is 12.5. The standard InChI is InChI=1S/C11H16Cl2N2O/c1-7(16)3-2-4-15-11-6-9(13)8(12)5-10(11)14/h5-7,15-16H,2-4,14H2,1H3. The van der Waals surface area contributed by atoms with E-state index in [2.05, 4.69) is 5.32 Å². The third kappa shape index (κ3) is 4.08. The van der Waals surface area contributed by atoms with Crippen molar-refractivity contribution < 1.29 is 5.11 Å². The van der Waals surface area contributed by atoms with Gasteiger partial charge in [-0.3, -0.25) is 0 Å². The average molecular weight is 263 g/mol. The van der Waals surface area contributed by atoms with Gasteiger partial charge in [-0.25, -0.2) is 0 Å². The molecule has 0 aliphatic rings. The molecule has 0 saturated carbocycles. The van der Waals surface area contributed by atoms with Crippen LogP contribution in [0.1, 0.15) is 19.8 Å². The molecule has 16 heavy (non-hydrogen) atoms. The monoisotopic (exact) mass is 262 g/mol. The van der Waals surface area contributed by atoms with Crippen molar-refractivity contribution in [2.75, 3.05) is 17.6 Å². The first kappa shape index (κ1) is 13.4. The van der Waals surface area contributed by atoms with Crippen LogP contribution in [0, 0.1) is 0 Å². The maximum absolute atomic E-state index is 9.09. The molecule has 0 aliphatic carbocycles. The summed E-state index contributed by atoms with van der Waals surface area (Å²) in [6.07, 6.45) is 1.36. The van der Waals surface area contributed by atoms with Crippen molar-refractivity contribution >= 4 is 34.6 Å². The van der Waals surface area contributed by atoms with Crippen molar-refractivity contribution in [2.24, 2.45) is 0 Å². The zero-order valence-corrected chi connectivity index (χ0v) is 10.6. The van der Waals surface area contributed by atoms with E-state index in [-0.39, 0.29) is 6.10 Å². The third-order valence-electron chi connectivity index (χ3n) is 2.21. The Hall–Kier alpha value is -0.640. The van der Waals surface area contributed by atoms with Crippen LogP contribution in [-0.2, 0) is 0 Å². The number of halogens is 2. The first-order valence-electron chi connectivity index (χ1n) is 5.17. The lowest BCUT2D eigenvalue weighted by Gasteiger charge is -2.11. The van der Waals surface area contributed by atoms with Crippen LogP contribution < -0.4 is 11.1 Å². The zero-order chi connectivity index (χ0) is 12.1. The molecule has 5 heteroatoms. The highest BCUT2D eigenvalue weighted by atomic mass is 35.5. The van der Waals surface area contributed by atoms with Crippen LogP contribution in [0.25, 0.3) is 0 Å². The summed E-state index contributed by atoms with van der Waals surface area (Å²) in [5, 5.41) is 13.2. The second-order valence-electron chi connectivity index (χ2n) is 3.77. The summed E-state index contributed by atoms with van der Waals surface area (Å²) in [6.45, 7) is 2.51. The Bertz CT molecular complexity index is 356. The van der Waals surface area contributed by atoms with Crippen LogP contribution in [0.4, 0.5) is 11.4 Å². The van der Waals surface area contributed by atoms with Crippen LogP contribution in [0.3, 0.4) is 0 Å². The van der Waals surface area contributed by atoms with E-state index in [9.17, 15) is 0 Å². The number of hydrogen-bond acceptors (Lipinski definition) is 3. The van der Waals surface area contributed by atoms with Crippen LogP contribution in [0.15, 0.2) is 12.1 Å². The first-order valence-corrected chi connectivity index (χ1v) is 5.92. The lowest BCUT2D eigenvalue weighted by Crippen LogP contribution is -2.07. The number of hydrogen-bond donors (Lipinski definition) is 3. The smallest absolute Gasteiger partial charge is 0.0614 e. The summed E-state index contributed by atoms with van der Waals surface area (Å²) in [6, 6.07) is 3.34. The molecule has 3 nitrogen and oxygen atoms in total. The van der Waals surface area contributed by atoms with E-state index >= 15 is 0 Å². The summed E-state index contributed by atoms with van der Waals surface area (Å²) >= 11 is 11.7. The summed E-state index contributed by atoms with van der Waals surface area (Å²) < 4.78 is 0. The molecule has 0 aromatic heterocycles. The van der Waals surface area contributed by atoms with E-state index in [0.717, 1.165) is 25.1 Å². The Morgan fingerprint density at radius 3 is 2.62 bits per heavy atom. The van der Waals surface area contributed by atoms with Crippen molar-refractivity contribution in [3.63, 3.8) is 0 Å². The van der Waals surface area contributed by atoms with Gasteiger partial charge in [0.05, 0.1) is 27.5 Å². The molecular weight excluding hydrogens is 247 g/mol. The van der Waals surface area contributed by atoms with E-state index < -0.39 is 0 Å². The lowest BCUT2D eigenvalue weighted by molar-refractivity contribution is 0.183. The van der Waals surface area contributed by atoms with Crippen molar-refractivity contribution in [2.45, 2.75) is 25.9 Å². The Morgan fingerprint density at radius 1 is 1.38 bits per heavy atom. The molecule has 0 aliphatic heterocycles. The molecule has 1 aromatic rings. The molecule has 0 fully saturated rings. The molecule has 0 radical (unpaired) electrons. The Kier molecular flexibility index (Phi) is 5.19. The molecule has 90 valence electrons. The molecule has 0 spiro atoms. The molecule has 1 rings (SSSR count). The van der Waals surface area contributed by atoms with Gasteiger partial charge in [0.1, 0.15) is 0 Å². The highest BCUT2D eigenvalue weighted by Crippen LogP contribution is 2.30. The number of aliphatic hydroxyl groups is 1. The fourth-order valence-corrected chi connectivity index (χ4v) is 1.67. The van der Waals surface area contributed by atoms with Gasteiger partial charge in [-0.2, -0.15) is 0 Å². The Morgan fingerprint density at radius 2 is 2.00 bits per heavy atom. The van der Waals surface area contributed by atoms with E-state index in [1.807, 2.05) is 0 Å². The fourth-order valence-electron chi connectivity index (χ4n) is 1.34. The second-order valence-corrected chi connectivity index (χ2v) is 4.59. The van der Waals surface area contributed by atoms with E-state index in [4.69, 9.17) is 34.0 Å². The molecule has 0 heterocycles. The molecule has 1 unspecified atom stereocenters. The minimum absolute atomic E-state index is 0.270. The molecule has 1 atom stereocenters. The predicted molar refractivity (Wildman–Crippen MR) is 70.3 cm³/mol. The van der Waals surface area contributed by atoms with Gasteiger partial charge in [-0.05, 0) is 31.9 Å². The number of nitrogens with one attached hydrogen (secondary N) is 1. The predicted octanol–water partition coefficient (Wildman–Crippen LogP) is 3.15. The van der Waals surface area contributed by atoms with Gasteiger partial charge in [0.15, 0.2) is 0 Å². The topological polar surface area (TPSA) is 58.3 Å². The maximum atomic E-state index is 9.09. The maximum Gasteiger partial charge on any atom is 0.0614 e. The van der Waals surface area contributed by atoms with Crippen molar-refractivity contribution in [1.29, 1.82) is 0 Å². The number of aliphatic hydroxyl groups excluding tert-OH is 1. The van der Waals surface area contributed by atoms with Crippen LogP contribution in [-0.4, -0.2) is 17.8 Å². The van der Waals surface area contributed by atoms with E-state index in [1.54, 1.807) is 19.1 Å². The number of nitrogens with two attached hydrogens (primary N) is 1.